The predicted molar refractivity (Wildman–Crippen MR) is 160 cm³/mol. The van der Waals surface area contributed by atoms with Gasteiger partial charge in [0.05, 0.1) is 24.7 Å². The Labute approximate surface area is 288 Å². The molecular formula is C30H44O16S2-2. The number of fused-ring (bicyclic) bond motifs is 3. The van der Waals surface area contributed by atoms with Gasteiger partial charge in [0.2, 0.25) is 0 Å². The highest BCUT2D eigenvalue weighted by Gasteiger charge is 2.67. The molecule has 0 aromatic heterocycles. The van der Waals surface area contributed by atoms with E-state index >= 15 is 0 Å². The molecule has 5 rings (SSSR count). The van der Waals surface area contributed by atoms with E-state index < -0.39 is 72.8 Å². The van der Waals surface area contributed by atoms with E-state index in [2.05, 4.69) is 50.2 Å². The highest BCUT2D eigenvalue weighted by molar-refractivity contribution is 7.89. The van der Waals surface area contributed by atoms with E-state index in [1.165, 1.54) is 0 Å². The van der Waals surface area contributed by atoms with E-state index in [4.69, 9.17) is 23.3 Å². The minimum absolute atomic E-state index is 0.00422. The van der Waals surface area contributed by atoms with Crippen molar-refractivity contribution in [1.82, 2.24) is 0 Å². The monoisotopic (exact) mass is 724 g/mol. The molecule has 48 heavy (non-hydrogen) atoms. The second-order valence-electron chi connectivity index (χ2n) is 14.3. The third kappa shape index (κ3) is 7.43. The topological polar surface area (TPSA) is 210 Å². The van der Waals surface area contributed by atoms with Gasteiger partial charge in [-0.25, -0.2) is 0 Å². The van der Waals surface area contributed by atoms with Gasteiger partial charge in [-0.15, -0.1) is 4.33 Å². The first-order valence-corrected chi connectivity index (χ1v) is 17.2. The number of carbonyl (C=O) groups is 2. The van der Waals surface area contributed by atoms with Crippen molar-refractivity contribution in [2.45, 2.75) is 115 Å². The van der Waals surface area contributed by atoms with Gasteiger partial charge in [0.1, 0.15) is 12.2 Å². The number of ether oxygens (including phenoxy) is 3. The van der Waals surface area contributed by atoms with Crippen molar-refractivity contribution < 1.29 is 77.2 Å². The summed E-state index contributed by atoms with van der Waals surface area (Å²) in [7, 11) is 0. The van der Waals surface area contributed by atoms with Gasteiger partial charge in [-0.2, -0.15) is 4.89 Å². The Morgan fingerprint density at radius 3 is 2.60 bits per heavy atom. The SMILES string of the molecule is C=C1C2CCC3C4(C)CC(O[C@@H]5O[C@@H](CO)[C@@H](OOOO[S-])[C@H](OSOO[O-])C5OC(=O)CC(C)C)CC(C(=O)O)C4CCC3(C2)[C@H]1O. The van der Waals surface area contributed by atoms with Crippen LogP contribution in [0.3, 0.4) is 0 Å². The first-order valence-electron chi connectivity index (χ1n) is 16.2. The molecule has 0 radical (unpaired) electrons. The zero-order valence-electron chi connectivity index (χ0n) is 27.0. The number of esters is 1. The quantitative estimate of drug-likeness (QED) is 0.0323. The number of aliphatic hydroxyl groups is 2. The summed E-state index contributed by atoms with van der Waals surface area (Å²) in [5, 5.41) is 54.8. The van der Waals surface area contributed by atoms with Crippen molar-refractivity contribution in [3.63, 3.8) is 0 Å². The molecule has 4 aliphatic carbocycles. The molecule has 1 heterocycles. The molecule has 3 N–H and O–H groups in total. The minimum Gasteiger partial charge on any atom is -0.691 e. The van der Waals surface area contributed by atoms with Crippen LogP contribution in [-0.2, 0) is 69.6 Å². The standard InChI is InChI=1S/C30H46O16S2/c1-14(2)9-22(32)39-25-24(41-48-46-42-36)23(40-43-44-45-47)20(13-31)38-28(25)37-17-10-18(27(34)35)19-7-8-30-11-16(15(3)26(30)33)5-6-21(30)29(19,4)12-17/h14,16-21,23-26,28,31,33,36,47H,3,5-13H2,1-2,4H3,(H,34,35)/p-2/t16?,17?,18?,19?,20-,21?,23+,24-,25?,26-,28+,29?,30?/m0/s1. The molecule has 5 fully saturated rings. The van der Waals surface area contributed by atoms with Crippen LogP contribution in [0.25, 0.3) is 0 Å². The van der Waals surface area contributed by atoms with Crippen molar-refractivity contribution in [2.75, 3.05) is 6.61 Å². The molecule has 274 valence electrons. The van der Waals surface area contributed by atoms with Crippen LogP contribution in [0.1, 0.15) is 72.1 Å². The van der Waals surface area contributed by atoms with Crippen molar-refractivity contribution in [3.05, 3.63) is 12.2 Å². The number of rotatable bonds is 15. The van der Waals surface area contributed by atoms with Crippen LogP contribution < -0.4 is 5.26 Å². The number of aliphatic carboxylic acids is 1. The Kier molecular flexibility index (Phi) is 12.8. The van der Waals surface area contributed by atoms with Crippen molar-refractivity contribution >= 4 is 37.2 Å². The lowest BCUT2D eigenvalue weighted by Gasteiger charge is -2.62. The molecule has 1 aliphatic heterocycles. The third-order valence-electron chi connectivity index (χ3n) is 11.4. The van der Waals surface area contributed by atoms with E-state index in [0.29, 0.717) is 12.8 Å². The van der Waals surface area contributed by atoms with Crippen molar-refractivity contribution in [3.8, 4) is 0 Å². The van der Waals surface area contributed by atoms with Crippen molar-refractivity contribution in [1.29, 1.82) is 0 Å². The van der Waals surface area contributed by atoms with Crippen LogP contribution in [-0.4, -0.2) is 76.8 Å². The molecule has 4 saturated carbocycles. The molecule has 13 atom stereocenters. The molecule has 5 aliphatic rings. The molecule has 1 saturated heterocycles. The summed E-state index contributed by atoms with van der Waals surface area (Å²) in [5.74, 6) is -2.32. The molecule has 0 amide bonds. The highest BCUT2D eigenvalue weighted by Crippen LogP contribution is 2.70. The van der Waals surface area contributed by atoms with Crippen LogP contribution in [0.15, 0.2) is 12.2 Å². The van der Waals surface area contributed by atoms with Gasteiger partial charge in [-0.1, -0.05) is 32.4 Å². The number of carboxylic acids is 1. The van der Waals surface area contributed by atoms with Crippen molar-refractivity contribution in [2.24, 2.45) is 40.4 Å². The maximum absolute atomic E-state index is 13.0. The average Bonchev–Trinajstić information content (AvgIpc) is 3.21. The Hall–Kier alpha value is -1.10. The van der Waals surface area contributed by atoms with Gasteiger partial charge in [0.25, 0.3) is 0 Å². The number of carbonyl (C=O) groups excluding carboxylic acids is 1. The number of aliphatic hydroxyl groups excluding tert-OH is 2. The van der Waals surface area contributed by atoms with Crippen LogP contribution in [0.5, 0.6) is 0 Å². The van der Waals surface area contributed by atoms with E-state index in [9.17, 15) is 30.2 Å². The lowest BCUT2D eigenvalue weighted by molar-refractivity contribution is -0.777. The lowest BCUT2D eigenvalue weighted by atomic mass is 9.43. The first kappa shape index (κ1) is 38.1. The highest BCUT2D eigenvalue weighted by atomic mass is 32.2. The van der Waals surface area contributed by atoms with Gasteiger partial charge < -0.3 is 52.0 Å². The third-order valence-corrected chi connectivity index (χ3v) is 11.9. The largest absolute Gasteiger partial charge is 0.691 e. The molecule has 18 heteroatoms. The zero-order valence-corrected chi connectivity index (χ0v) is 28.6. The normalized spacial score (nSPS) is 42.3. The number of carboxylic acid groups (broad SMARTS) is 1. The number of hydrogen-bond acceptors (Lipinski definition) is 17. The van der Waals surface area contributed by atoms with Crippen LogP contribution in [0.4, 0.5) is 0 Å². The molecule has 2 bridgehead atoms. The molecule has 1 spiro atoms. The molecule has 16 nitrogen and oxygen atoms in total. The lowest BCUT2D eigenvalue weighted by Crippen LogP contribution is -2.63. The van der Waals surface area contributed by atoms with E-state index in [-0.39, 0.29) is 54.3 Å². The first-order chi connectivity index (χ1) is 22.9. The van der Waals surface area contributed by atoms with Gasteiger partial charge in [-0.3, -0.25) is 18.8 Å². The van der Waals surface area contributed by atoms with Crippen LogP contribution in [0.2, 0.25) is 0 Å². The van der Waals surface area contributed by atoms with E-state index in [0.717, 1.165) is 31.3 Å². The molecule has 8 unspecified atom stereocenters. The van der Waals surface area contributed by atoms with E-state index in [1.807, 2.05) is 13.8 Å². The maximum Gasteiger partial charge on any atom is 0.306 e. The minimum atomic E-state index is -1.43. The molecular weight excluding hydrogens is 680 g/mol. The maximum atomic E-state index is 13.0. The van der Waals surface area contributed by atoms with Gasteiger partial charge >= 0.3 is 11.9 Å². The van der Waals surface area contributed by atoms with Gasteiger partial charge in [0.15, 0.2) is 30.8 Å². The predicted octanol–water partition coefficient (Wildman–Crippen LogP) is 2.10. The smallest absolute Gasteiger partial charge is 0.306 e. The number of hydrogen-bond donors (Lipinski definition) is 3. The summed E-state index contributed by atoms with van der Waals surface area (Å²) in [5.41, 5.74) is -0.0347. The Bertz CT molecular complexity index is 1150. The second kappa shape index (κ2) is 16.1. The fourth-order valence-electron chi connectivity index (χ4n) is 9.69. The summed E-state index contributed by atoms with van der Waals surface area (Å²) in [6.45, 7) is 9.27. The zero-order chi connectivity index (χ0) is 34.8. The second-order valence-corrected chi connectivity index (χ2v) is 14.9. The van der Waals surface area contributed by atoms with Crippen LogP contribution >= 0.6 is 12.3 Å². The Morgan fingerprint density at radius 2 is 1.94 bits per heavy atom. The van der Waals surface area contributed by atoms with E-state index in [1.54, 1.807) is 0 Å². The summed E-state index contributed by atoms with van der Waals surface area (Å²) < 4.78 is 32.3. The van der Waals surface area contributed by atoms with Crippen LogP contribution in [0, 0.1) is 40.4 Å². The summed E-state index contributed by atoms with van der Waals surface area (Å²) in [4.78, 5) is 31.0. The van der Waals surface area contributed by atoms with Gasteiger partial charge in [-0.05, 0) is 84.6 Å². The fraction of sp³-hybridized carbons (Fsp3) is 0.867. The summed E-state index contributed by atoms with van der Waals surface area (Å²) >= 11 is 4.29. The molecule has 0 aromatic rings. The summed E-state index contributed by atoms with van der Waals surface area (Å²) in [6, 6.07) is 0. The summed E-state index contributed by atoms with van der Waals surface area (Å²) in [6.07, 6.45) is -3.80. The Morgan fingerprint density at radius 1 is 1.17 bits per heavy atom. The fourth-order valence-corrected chi connectivity index (χ4v) is 10.1. The molecule has 0 aromatic carbocycles. The average molecular weight is 725 g/mol. The Balaban J connectivity index is 1.46. The van der Waals surface area contributed by atoms with Gasteiger partial charge in [0, 0.05) is 11.8 Å².